The first-order valence-corrected chi connectivity index (χ1v) is 7.35. The van der Waals surface area contributed by atoms with Gasteiger partial charge in [-0.05, 0) is 40.5 Å². The third-order valence-electron chi connectivity index (χ3n) is 2.96. The van der Waals surface area contributed by atoms with Crippen molar-refractivity contribution in [1.29, 1.82) is 0 Å². The highest BCUT2D eigenvalue weighted by atomic mass is 79.9. The predicted octanol–water partition coefficient (Wildman–Crippen LogP) is 3.83. The van der Waals surface area contributed by atoms with Gasteiger partial charge in [-0.1, -0.05) is 11.6 Å². The Morgan fingerprint density at radius 2 is 1.81 bits per heavy atom. The first-order valence-electron chi connectivity index (χ1n) is 6.18. The van der Waals surface area contributed by atoms with Gasteiger partial charge in [-0.2, -0.15) is 0 Å². The fraction of sp³-hybridized carbons (Fsp3) is 0.286. The Kier molecular flexibility index (Phi) is 5.25. The van der Waals surface area contributed by atoms with Crippen LogP contribution in [-0.2, 0) is 6.54 Å². The lowest BCUT2D eigenvalue weighted by molar-refractivity contribution is 0.363. The average Bonchev–Trinajstić information content (AvgIpc) is 2.49. The Morgan fingerprint density at radius 3 is 2.38 bits per heavy atom. The molecule has 0 amide bonds. The molecule has 0 fully saturated rings. The molecule has 1 N–H and O–H groups in total. The van der Waals surface area contributed by atoms with Crippen LogP contribution in [0.3, 0.4) is 0 Å². The third kappa shape index (κ3) is 3.57. The van der Waals surface area contributed by atoms with Gasteiger partial charge in [-0.3, -0.25) is 0 Å². The van der Waals surface area contributed by atoms with Gasteiger partial charge in [0.25, 0.3) is 0 Å². The maximum atomic E-state index is 6.15. The number of rotatable bonds is 5. The highest BCUT2D eigenvalue weighted by Crippen LogP contribution is 2.31. The summed E-state index contributed by atoms with van der Waals surface area (Å²) in [6.07, 6.45) is 1.40. The Labute approximate surface area is 136 Å². The van der Waals surface area contributed by atoms with E-state index in [4.69, 9.17) is 21.1 Å². The summed E-state index contributed by atoms with van der Waals surface area (Å²) >= 11 is 9.66. The molecule has 7 heteroatoms. The van der Waals surface area contributed by atoms with E-state index in [1.54, 1.807) is 14.2 Å². The van der Waals surface area contributed by atoms with E-state index >= 15 is 0 Å². The van der Waals surface area contributed by atoms with Gasteiger partial charge in [-0.25, -0.2) is 9.97 Å². The summed E-state index contributed by atoms with van der Waals surface area (Å²) in [5.74, 6) is 0.951. The molecule has 2 rings (SSSR count). The second-order valence-electron chi connectivity index (χ2n) is 4.31. The highest BCUT2D eigenvalue weighted by molar-refractivity contribution is 9.10. The summed E-state index contributed by atoms with van der Waals surface area (Å²) in [6, 6.07) is 3.82. The molecule has 1 aromatic heterocycles. The zero-order valence-electron chi connectivity index (χ0n) is 11.9. The largest absolute Gasteiger partial charge is 0.481 e. The van der Waals surface area contributed by atoms with Crippen LogP contribution in [0.25, 0.3) is 0 Å². The SMILES string of the molecule is COc1ncnc(OC)c1CNc1cc(Cl)c(C)cc1Br. The first-order chi connectivity index (χ1) is 10.1. The lowest BCUT2D eigenvalue weighted by Gasteiger charge is -2.14. The molecule has 0 aliphatic heterocycles. The van der Waals surface area contributed by atoms with Crippen molar-refractivity contribution in [3.05, 3.63) is 39.1 Å². The zero-order chi connectivity index (χ0) is 15.4. The van der Waals surface area contributed by atoms with Gasteiger partial charge in [0.1, 0.15) is 6.33 Å². The number of benzene rings is 1. The summed E-state index contributed by atoms with van der Waals surface area (Å²) in [7, 11) is 3.12. The van der Waals surface area contributed by atoms with Gasteiger partial charge in [0.2, 0.25) is 11.8 Å². The monoisotopic (exact) mass is 371 g/mol. The van der Waals surface area contributed by atoms with Gasteiger partial charge in [-0.15, -0.1) is 0 Å². The molecule has 0 bridgehead atoms. The van der Waals surface area contributed by atoms with Crippen LogP contribution < -0.4 is 14.8 Å². The van der Waals surface area contributed by atoms with Crippen LogP contribution in [0.5, 0.6) is 11.8 Å². The molecule has 0 unspecified atom stereocenters. The van der Waals surface area contributed by atoms with Crippen molar-refractivity contribution < 1.29 is 9.47 Å². The van der Waals surface area contributed by atoms with Gasteiger partial charge in [0, 0.05) is 9.50 Å². The topological polar surface area (TPSA) is 56.3 Å². The lowest BCUT2D eigenvalue weighted by atomic mass is 10.2. The number of halogens is 2. The Hall–Kier alpha value is -1.53. The van der Waals surface area contributed by atoms with Crippen molar-refractivity contribution in [2.45, 2.75) is 13.5 Å². The molecule has 0 saturated heterocycles. The number of ether oxygens (including phenoxy) is 2. The minimum Gasteiger partial charge on any atom is -0.481 e. The third-order valence-corrected chi connectivity index (χ3v) is 4.02. The number of nitrogens with zero attached hydrogens (tertiary/aromatic N) is 2. The summed E-state index contributed by atoms with van der Waals surface area (Å²) < 4.78 is 11.4. The number of methoxy groups -OCH3 is 2. The van der Waals surface area contributed by atoms with Gasteiger partial charge in [0.15, 0.2) is 0 Å². The van der Waals surface area contributed by atoms with E-state index in [1.807, 2.05) is 19.1 Å². The number of aryl methyl sites for hydroxylation is 1. The zero-order valence-corrected chi connectivity index (χ0v) is 14.2. The molecule has 0 saturated carbocycles. The molecule has 1 aromatic carbocycles. The fourth-order valence-corrected chi connectivity index (χ4v) is 2.61. The van der Waals surface area contributed by atoms with Gasteiger partial charge >= 0.3 is 0 Å². The van der Waals surface area contributed by atoms with E-state index in [0.29, 0.717) is 23.3 Å². The number of anilines is 1. The molecular weight excluding hydrogens is 358 g/mol. The number of nitrogens with one attached hydrogen (secondary N) is 1. The second kappa shape index (κ2) is 6.95. The number of aromatic nitrogens is 2. The molecule has 0 aliphatic rings. The maximum absolute atomic E-state index is 6.15. The van der Waals surface area contributed by atoms with Crippen molar-refractivity contribution in [3.63, 3.8) is 0 Å². The van der Waals surface area contributed by atoms with Crippen LogP contribution in [0.15, 0.2) is 22.9 Å². The molecule has 0 aliphatic carbocycles. The van der Waals surface area contributed by atoms with E-state index in [2.05, 4.69) is 31.2 Å². The Balaban J connectivity index is 2.26. The molecule has 0 atom stereocenters. The fourth-order valence-electron chi connectivity index (χ4n) is 1.85. The average molecular weight is 373 g/mol. The van der Waals surface area contributed by atoms with Crippen LogP contribution in [0.4, 0.5) is 5.69 Å². The van der Waals surface area contributed by atoms with Gasteiger partial charge < -0.3 is 14.8 Å². The summed E-state index contributed by atoms with van der Waals surface area (Å²) in [5, 5.41) is 3.97. The van der Waals surface area contributed by atoms with E-state index in [1.165, 1.54) is 6.33 Å². The minimum atomic E-state index is 0.450. The van der Waals surface area contributed by atoms with Crippen molar-refractivity contribution in [3.8, 4) is 11.8 Å². The normalized spacial score (nSPS) is 10.3. The van der Waals surface area contributed by atoms with E-state index in [0.717, 1.165) is 21.3 Å². The minimum absolute atomic E-state index is 0.450. The first kappa shape index (κ1) is 15.9. The van der Waals surface area contributed by atoms with E-state index < -0.39 is 0 Å². The maximum Gasteiger partial charge on any atom is 0.225 e. The van der Waals surface area contributed by atoms with E-state index in [9.17, 15) is 0 Å². The van der Waals surface area contributed by atoms with Crippen LogP contribution in [0, 0.1) is 6.92 Å². The molecule has 0 spiro atoms. The number of hydrogen-bond acceptors (Lipinski definition) is 5. The Bertz CT molecular complexity index is 630. The molecule has 2 aromatic rings. The second-order valence-corrected chi connectivity index (χ2v) is 5.57. The Morgan fingerprint density at radius 1 is 1.19 bits per heavy atom. The molecule has 5 nitrogen and oxygen atoms in total. The molecular formula is C14H15BrClN3O2. The molecule has 1 heterocycles. The van der Waals surface area contributed by atoms with Crippen LogP contribution in [0.2, 0.25) is 5.02 Å². The van der Waals surface area contributed by atoms with Gasteiger partial charge in [0.05, 0.1) is 32.0 Å². The van der Waals surface area contributed by atoms with Crippen molar-refractivity contribution in [1.82, 2.24) is 9.97 Å². The standard InChI is InChI=1S/C14H15BrClN3O2/c1-8-4-10(15)12(5-11(8)16)17-6-9-13(20-2)18-7-19-14(9)21-3/h4-5,7,17H,6H2,1-3H3. The van der Waals surface area contributed by atoms with Crippen molar-refractivity contribution >= 4 is 33.2 Å². The smallest absolute Gasteiger partial charge is 0.225 e. The summed E-state index contributed by atoms with van der Waals surface area (Å²) in [6.45, 7) is 2.40. The summed E-state index contributed by atoms with van der Waals surface area (Å²) in [4.78, 5) is 8.16. The highest BCUT2D eigenvalue weighted by Gasteiger charge is 2.13. The quantitative estimate of drug-likeness (QED) is 0.864. The van der Waals surface area contributed by atoms with Crippen LogP contribution in [-0.4, -0.2) is 24.2 Å². The van der Waals surface area contributed by atoms with Crippen molar-refractivity contribution in [2.75, 3.05) is 19.5 Å². The predicted molar refractivity (Wildman–Crippen MR) is 86.4 cm³/mol. The lowest BCUT2D eigenvalue weighted by Crippen LogP contribution is -2.07. The molecule has 0 radical (unpaired) electrons. The molecule has 112 valence electrons. The number of hydrogen-bond donors (Lipinski definition) is 1. The van der Waals surface area contributed by atoms with E-state index in [-0.39, 0.29) is 0 Å². The van der Waals surface area contributed by atoms with Crippen molar-refractivity contribution in [2.24, 2.45) is 0 Å². The molecule has 21 heavy (non-hydrogen) atoms. The van der Waals surface area contributed by atoms with Crippen LogP contribution in [0.1, 0.15) is 11.1 Å². The summed E-state index contributed by atoms with van der Waals surface area (Å²) in [5.41, 5.74) is 2.62. The van der Waals surface area contributed by atoms with Crippen LogP contribution >= 0.6 is 27.5 Å².